The number of aryl methyl sites for hydroxylation is 1. The number of carbonyl (C=O) groups is 2. The highest BCUT2D eigenvalue weighted by molar-refractivity contribution is 6.00. The Bertz CT molecular complexity index is 1260. The zero-order valence-corrected chi connectivity index (χ0v) is 24.2. The van der Waals surface area contributed by atoms with Crippen molar-refractivity contribution in [3.05, 3.63) is 106 Å². The lowest BCUT2D eigenvalue weighted by Gasteiger charge is -2.27. The van der Waals surface area contributed by atoms with Crippen LogP contribution in [0.1, 0.15) is 64.1 Å². The molecule has 0 unspecified atom stereocenters. The second kappa shape index (κ2) is 16.0. The lowest BCUT2D eigenvalue weighted by atomic mass is 10.0. The predicted octanol–water partition coefficient (Wildman–Crippen LogP) is 5.37. The van der Waals surface area contributed by atoms with E-state index < -0.39 is 17.7 Å². The molecule has 220 valence electrons. The van der Waals surface area contributed by atoms with Crippen LogP contribution in [0.2, 0.25) is 0 Å². The van der Waals surface area contributed by atoms with Crippen LogP contribution in [0.4, 0.5) is 8.78 Å². The first-order valence-electron chi connectivity index (χ1n) is 14.3. The highest BCUT2D eigenvalue weighted by Crippen LogP contribution is 2.17. The van der Waals surface area contributed by atoms with Crippen molar-refractivity contribution in [1.29, 1.82) is 0 Å². The van der Waals surface area contributed by atoms with Gasteiger partial charge in [-0.25, -0.2) is 8.78 Å². The minimum atomic E-state index is -0.887. The molecule has 0 fully saturated rings. The van der Waals surface area contributed by atoms with Crippen molar-refractivity contribution >= 4 is 11.8 Å². The molecule has 0 radical (unpaired) electrons. The van der Waals surface area contributed by atoms with E-state index in [4.69, 9.17) is 0 Å². The van der Waals surface area contributed by atoms with E-state index in [0.717, 1.165) is 30.0 Å². The number of carbonyl (C=O) groups excluding carboxylic acids is 2. The molecule has 0 aliphatic rings. The molecule has 0 heterocycles. The molecule has 6 nitrogen and oxygen atoms in total. The number of hydrogen-bond donors (Lipinski definition) is 2. The zero-order chi connectivity index (χ0) is 29.8. The SMILES string of the molecule is CCCN(CCC)C(=O)c1cc(C)cc(C(=O)N(CCc2cc(F)cc(F)c2)C[C@H](O)CNCc2ccccc2)c1. The Kier molecular flexibility index (Phi) is 12.4. The Hall–Kier alpha value is -3.62. The quantitative estimate of drug-likeness (QED) is 0.260. The molecule has 0 aromatic heterocycles. The summed E-state index contributed by atoms with van der Waals surface area (Å²) in [5, 5.41) is 14.0. The highest BCUT2D eigenvalue weighted by atomic mass is 19.1. The van der Waals surface area contributed by atoms with Crippen LogP contribution in [0, 0.1) is 18.6 Å². The summed E-state index contributed by atoms with van der Waals surface area (Å²) in [6.07, 6.45) is 0.965. The molecule has 8 heteroatoms. The third-order valence-corrected chi connectivity index (χ3v) is 6.71. The van der Waals surface area contributed by atoms with Gasteiger partial charge in [0.05, 0.1) is 6.10 Å². The first-order valence-corrected chi connectivity index (χ1v) is 14.3. The molecule has 0 bridgehead atoms. The molecule has 0 saturated heterocycles. The first kappa shape index (κ1) is 31.9. The van der Waals surface area contributed by atoms with Crippen molar-refractivity contribution in [2.24, 2.45) is 0 Å². The number of amides is 2. The third-order valence-electron chi connectivity index (χ3n) is 6.71. The van der Waals surface area contributed by atoms with Crippen LogP contribution in [0.5, 0.6) is 0 Å². The molecule has 3 aromatic carbocycles. The second-order valence-electron chi connectivity index (χ2n) is 10.4. The van der Waals surface area contributed by atoms with Crippen molar-refractivity contribution in [3.8, 4) is 0 Å². The molecule has 0 aliphatic carbocycles. The van der Waals surface area contributed by atoms with Gasteiger partial charge in [0.25, 0.3) is 11.8 Å². The van der Waals surface area contributed by atoms with Gasteiger partial charge in [0.15, 0.2) is 0 Å². The zero-order valence-electron chi connectivity index (χ0n) is 24.2. The van der Waals surface area contributed by atoms with E-state index in [2.05, 4.69) is 5.32 Å². The van der Waals surface area contributed by atoms with Gasteiger partial charge in [-0.15, -0.1) is 0 Å². The van der Waals surface area contributed by atoms with Gasteiger partial charge >= 0.3 is 0 Å². The van der Waals surface area contributed by atoms with E-state index in [1.807, 2.05) is 51.1 Å². The summed E-state index contributed by atoms with van der Waals surface area (Å²) in [7, 11) is 0. The van der Waals surface area contributed by atoms with Gasteiger partial charge in [0, 0.05) is 56.5 Å². The number of nitrogens with zero attached hydrogens (tertiary/aromatic N) is 2. The smallest absolute Gasteiger partial charge is 0.253 e. The minimum absolute atomic E-state index is 0.00738. The Labute approximate surface area is 242 Å². The molecule has 2 N–H and O–H groups in total. The van der Waals surface area contributed by atoms with Crippen molar-refractivity contribution in [1.82, 2.24) is 15.1 Å². The summed E-state index contributed by atoms with van der Waals surface area (Å²) < 4.78 is 27.6. The summed E-state index contributed by atoms with van der Waals surface area (Å²) in [4.78, 5) is 30.4. The van der Waals surface area contributed by atoms with Crippen LogP contribution < -0.4 is 5.32 Å². The number of aliphatic hydroxyl groups is 1. The van der Waals surface area contributed by atoms with Crippen LogP contribution in [-0.2, 0) is 13.0 Å². The van der Waals surface area contributed by atoms with Gasteiger partial charge in [0.1, 0.15) is 11.6 Å². The van der Waals surface area contributed by atoms with Crippen LogP contribution in [0.15, 0.2) is 66.7 Å². The Morgan fingerprint density at radius 3 is 1.98 bits per heavy atom. The number of rotatable bonds is 15. The molecule has 3 aromatic rings. The molecule has 0 aliphatic heterocycles. The van der Waals surface area contributed by atoms with Gasteiger partial charge in [-0.05, 0) is 73.2 Å². The van der Waals surface area contributed by atoms with E-state index in [9.17, 15) is 23.5 Å². The Balaban J connectivity index is 1.80. The summed E-state index contributed by atoms with van der Waals surface area (Å²) in [5.74, 6) is -1.86. The maximum absolute atomic E-state index is 13.8. The van der Waals surface area contributed by atoms with Gasteiger partial charge in [0.2, 0.25) is 0 Å². The fourth-order valence-electron chi connectivity index (χ4n) is 4.84. The highest BCUT2D eigenvalue weighted by Gasteiger charge is 2.22. The van der Waals surface area contributed by atoms with Crippen LogP contribution in [-0.4, -0.2) is 65.5 Å². The summed E-state index contributed by atoms with van der Waals surface area (Å²) in [6, 6.07) is 18.1. The van der Waals surface area contributed by atoms with E-state index in [1.165, 1.54) is 17.0 Å². The maximum atomic E-state index is 13.8. The van der Waals surface area contributed by atoms with Crippen molar-refractivity contribution < 1.29 is 23.5 Å². The van der Waals surface area contributed by atoms with Gasteiger partial charge in [-0.1, -0.05) is 44.2 Å². The normalized spacial score (nSPS) is 11.8. The second-order valence-corrected chi connectivity index (χ2v) is 10.4. The molecule has 0 saturated carbocycles. The third kappa shape index (κ3) is 10.1. The van der Waals surface area contributed by atoms with Crippen LogP contribution in [0.25, 0.3) is 0 Å². The fraction of sp³-hybridized carbons (Fsp3) is 0.394. The van der Waals surface area contributed by atoms with Crippen LogP contribution >= 0.6 is 0 Å². The van der Waals surface area contributed by atoms with Gasteiger partial charge < -0.3 is 20.2 Å². The summed E-state index contributed by atoms with van der Waals surface area (Å²) in [6.45, 7) is 8.06. The first-order chi connectivity index (χ1) is 19.7. The lowest BCUT2D eigenvalue weighted by molar-refractivity contribution is 0.0624. The molecule has 3 rings (SSSR count). The monoisotopic (exact) mass is 565 g/mol. The van der Waals surface area contributed by atoms with Crippen molar-refractivity contribution in [2.45, 2.75) is 52.7 Å². The molecule has 2 amide bonds. The molecule has 0 spiro atoms. The maximum Gasteiger partial charge on any atom is 0.253 e. The van der Waals surface area contributed by atoms with Crippen molar-refractivity contribution in [3.63, 3.8) is 0 Å². The lowest BCUT2D eigenvalue weighted by Crippen LogP contribution is -2.42. The average molecular weight is 566 g/mol. The van der Waals surface area contributed by atoms with E-state index in [0.29, 0.717) is 36.3 Å². The number of nitrogens with one attached hydrogen (secondary N) is 1. The number of hydrogen-bond acceptors (Lipinski definition) is 4. The topological polar surface area (TPSA) is 72.9 Å². The summed E-state index contributed by atoms with van der Waals surface area (Å²) >= 11 is 0. The predicted molar refractivity (Wildman–Crippen MR) is 158 cm³/mol. The van der Waals surface area contributed by atoms with Crippen LogP contribution in [0.3, 0.4) is 0 Å². The standard InChI is InChI=1S/C33H41F2N3O3/c1-4-12-37(13-5-2)32(40)27-15-24(3)16-28(19-27)33(41)38(14-11-26-17-29(34)20-30(35)18-26)23-31(39)22-36-21-25-9-7-6-8-10-25/h6-10,15-20,31,36,39H,4-5,11-14,21-23H2,1-3H3/t31-/m1/s1. The number of halogens is 2. The molecular formula is C33H41F2N3O3. The number of aliphatic hydroxyl groups excluding tert-OH is 1. The van der Waals surface area contributed by atoms with E-state index in [1.54, 1.807) is 23.1 Å². The van der Waals surface area contributed by atoms with Crippen molar-refractivity contribution in [2.75, 3.05) is 32.7 Å². The largest absolute Gasteiger partial charge is 0.390 e. The Morgan fingerprint density at radius 1 is 0.805 bits per heavy atom. The van der Waals surface area contributed by atoms with Gasteiger partial charge in [-0.2, -0.15) is 0 Å². The molecule has 41 heavy (non-hydrogen) atoms. The number of benzene rings is 3. The Morgan fingerprint density at radius 2 is 1.39 bits per heavy atom. The molecule has 1 atom stereocenters. The van der Waals surface area contributed by atoms with E-state index >= 15 is 0 Å². The summed E-state index contributed by atoms with van der Waals surface area (Å²) in [5.41, 5.74) is 3.01. The molecular weight excluding hydrogens is 524 g/mol. The van der Waals surface area contributed by atoms with Gasteiger partial charge in [-0.3, -0.25) is 9.59 Å². The average Bonchev–Trinajstić information content (AvgIpc) is 2.94. The van der Waals surface area contributed by atoms with E-state index in [-0.39, 0.29) is 37.9 Å². The minimum Gasteiger partial charge on any atom is -0.390 e. The fourth-order valence-corrected chi connectivity index (χ4v) is 4.84.